The minimum Gasteiger partial charge on any atom is -0.360 e. The number of amides is 1. The molecule has 84 valence electrons. The van der Waals surface area contributed by atoms with E-state index in [-0.39, 0.29) is 12.1 Å². The number of rotatable bonds is 1. The smallest absolute Gasteiger partial charge is 0.255 e. The highest BCUT2D eigenvalue weighted by Gasteiger charge is 2.24. The van der Waals surface area contributed by atoms with Crippen molar-refractivity contribution in [3.63, 3.8) is 0 Å². The van der Waals surface area contributed by atoms with Crippen molar-refractivity contribution >= 4 is 11.6 Å². The number of anilines is 1. The van der Waals surface area contributed by atoms with Crippen molar-refractivity contribution in [1.29, 1.82) is 0 Å². The summed E-state index contributed by atoms with van der Waals surface area (Å²) in [6.07, 6.45) is 1.45. The Balaban J connectivity index is 1.97. The van der Waals surface area contributed by atoms with E-state index < -0.39 is 0 Å². The molecule has 1 atom stereocenters. The molecule has 0 spiro atoms. The maximum absolute atomic E-state index is 11.9. The monoisotopic (exact) mass is 225 g/mol. The number of carbonyl (C=O) groups is 1. The first-order valence-electron chi connectivity index (χ1n) is 5.42. The van der Waals surface area contributed by atoms with Gasteiger partial charge in [0, 0.05) is 11.9 Å². The van der Waals surface area contributed by atoms with Crippen LogP contribution in [0.1, 0.15) is 22.2 Å². The third-order valence-corrected chi connectivity index (χ3v) is 2.73. The molecule has 1 aliphatic rings. The third kappa shape index (κ3) is 1.73. The summed E-state index contributed by atoms with van der Waals surface area (Å²) in [5.74, 6) is -0.0741. The minimum absolute atomic E-state index is 0.0741. The molecule has 0 aliphatic carbocycles. The van der Waals surface area contributed by atoms with Gasteiger partial charge in [-0.2, -0.15) is 0 Å². The van der Waals surface area contributed by atoms with Gasteiger partial charge in [-0.1, -0.05) is 18.2 Å². The molecule has 0 saturated heterocycles. The Morgan fingerprint density at radius 3 is 2.65 bits per heavy atom. The van der Waals surface area contributed by atoms with Crippen molar-refractivity contribution in [3.05, 3.63) is 59.9 Å². The lowest BCUT2D eigenvalue weighted by atomic mass is 10.1. The molecule has 1 unspecified atom stereocenters. The maximum Gasteiger partial charge on any atom is 0.255 e. The predicted octanol–water partition coefficient (Wildman–Crippen LogP) is 1.94. The fourth-order valence-electron chi connectivity index (χ4n) is 1.90. The number of carbonyl (C=O) groups excluding carboxylic acids is 1. The molecule has 0 bridgehead atoms. The van der Waals surface area contributed by atoms with Crippen molar-refractivity contribution in [2.75, 3.05) is 5.32 Å². The zero-order valence-corrected chi connectivity index (χ0v) is 9.05. The Morgan fingerprint density at radius 2 is 1.82 bits per heavy atom. The molecule has 1 amide bonds. The van der Waals surface area contributed by atoms with Gasteiger partial charge in [0.25, 0.3) is 5.91 Å². The third-order valence-electron chi connectivity index (χ3n) is 2.73. The lowest BCUT2D eigenvalue weighted by Gasteiger charge is -2.27. The van der Waals surface area contributed by atoms with Crippen LogP contribution in [0.2, 0.25) is 0 Å². The average molecular weight is 225 g/mol. The first kappa shape index (κ1) is 9.84. The number of pyridine rings is 1. The highest BCUT2D eigenvalue weighted by molar-refractivity contribution is 6.01. The van der Waals surface area contributed by atoms with Crippen LogP contribution < -0.4 is 10.6 Å². The predicted molar refractivity (Wildman–Crippen MR) is 64.5 cm³/mol. The first-order valence-corrected chi connectivity index (χ1v) is 5.42. The second kappa shape index (κ2) is 3.90. The summed E-state index contributed by atoms with van der Waals surface area (Å²) in [5.41, 5.74) is 2.31. The fourth-order valence-corrected chi connectivity index (χ4v) is 1.90. The summed E-state index contributed by atoms with van der Waals surface area (Å²) in [7, 11) is 0. The molecule has 3 rings (SSSR count). The minimum atomic E-state index is -0.265. The van der Waals surface area contributed by atoms with Gasteiger partial charge in [-0.3, -0.25) is 9.78 Å². The van der Waals surface area contributed by atoms with Gasteiger partial charge in [0.1, 0.15) is 6.17 Å². The van der Waals surface area contributed by atoms with Crippen LogP contribution in [0.15, 0.2) is 48.7 Å². The molecule has 4 heteroatoms. The van der Waals surface area contributed by atoms with E-state index in [1.807, 2.05) is 36.4 Å². The summed E-state index contributed by atoms with van der Waals surface area (Å²) >= 11 is 0. The second-order valence-electron chi connectivity index (χ2n) is 3.85. The van der Waals surface area contributed by atoms with Gasteiger partial charge in [-0.15, -0.1) is 0 Å². The van der Waals surface area contributed by atoms with Gasteiger partial charge in [0.2, 0.25) is 0 Å². The van der Waals surface area contributed by atoms with E-state index >= 15 is 0 Å². The lowest BCUT2D eigenvalue weighted by Crippen LogP contribution is -2.38. The van der Waals surface area contributed by atoms with E-state index in [1.54, 1.807) is 12.3 Å². The van der Waals surface area contributed by atoms with Gasteiger partial charge < -0.3 is 10.6 Å². The maximum atomic E-state index is 11.9. The number of hydrogen-bond acceptors (Lipinski definition) is 3. The summed E-state index contributed by atoms with van der Waals surface area (Å²) < 4.78 is 0. The van der Waals surface area contributed by atoms with Crippen LogP contribution in [0.3, 0.4) is 0 Å². The number of fused-ring (bicyclic) bond motifs is 1. The highest BCUT2D eigenvalue weighted by Crippen LogP contribution is 2.24. The van der Waals surface area contributed by atoms with Crippen LogP contribution in [0, 0.1) is 0 Å². The topological polar surface area (TPSA) is 54.0 Å². The molecule has 1 aliphatic heterocycles. The van der Waals surface area contributed by atoms with Crippen LogP contribution in [0.4, 0.5) is 5.69 Å². The zero-order valence-electron chi connectivity index (χ0n) is 9.05. The van der Waals surface area contributed by atoms with Crippen LogP contribution in [-0.2, 0) is 0 Å². The van der Waals surface area contributed by atoms with E-state index in [0.29, 0.717) is 5.56 Å². The van der Waals surface area contributed by atoms with Gasteiger partial charge >= 0.3 is 0 Å². The molecular formula is C13H11N3O. The van der Waals surface area contributed by atoms with Crippen LogP contribution in [0.5, 0.6) is 0 Å². The molecule has 0 radical (unpaired) electrons. The summed E-state index contributed by atoms with van der Waals surface area (Å²) in [4.78, 5) is 16.1. The number of para-hydroxylation sites is 1. The Hall–Kier alpha value is -2.36. The molecular weight excluding hydrogens is 214 g/mol. The quantitative estimate of drug-likeness (QED) is 0.779. The molecule has 17 heavy (non-hydrogen) atoms. The molecule has 2 heterocycles. The highest BCUT2D eigenvalue weighted by atomic mass is 16.2. The number of benzene rings is 1. The molecule has 1 aromatic carbocycles. The standard InChI is InChI=1S/C13H11N3O/c17-13-9-5-1-2-6-10(9)15-12(16-13)11-7-3-4-8-14-11/h1-8,12,15H,(H,16,17). The van der Waals surface area contributed by atoms with Gasteiger partial charge in [-0.05, 0) is 24.3 Å². The van der Waals surface area contributed by atoms with Crippen molar-refractivity contribution in [3.8, 4) is 0 Å². The van der Waals surface area contributed by atoms with Gasteiger partial charge in [0.05, 0.1) is 11.3 Å². The van der Waals surface area contributed by atoms with Gasteiger partial charge in [-0.25, -0.2) is 0 Å². The van der Waals surface area contributed by atoms with Crippen molar-refractivity contribution in [1.82, 2.24) is 10.3 Å². The lowest BCUT2D eigenvalue weighted by molar-refractivity contribution is 0.0935. The molecule has 0 saturated carbocycles. The van der Waals surface area contributed by atoms with Crippen LogP contribution in [-0.4, -0.2) is 10.9 Å². The van der Waals surface area contributed by atoms with Gasteiger partial charge in [0.15, 0.2) is 0 Å². The van der Waals surface area contributed by atoms with E-state index in [0.717, 1.165) is 11.4 Å². The van der Waals surface area contributed by atoms with E-state index in [2.05, 4.69) is 15.6 Å². The zero-order chi connectivity index (χ0) is 11.7. The fraction of sp³-hybridized carbons (Fsp3) is 0.0769. The molecule has 1 aromatic heterocycles. The number of hydrogen-bond donors (Lipinski definition) is 2. The Bertz CT molecular complexity index is 554. The van der Waals surface area contributed by atoms with Crippen LogP contribution in [0.25, 0.3) is 0 Å². The SMILES string of the molecule is O=C1NC(c2ccccn2)Nc2ccccc21. The van der Waals surface area contributed by atoms with Crippen molar-refractivity contribution in [2.24, 2.45) is 0 Å². The first-order chi connectivity index (χ1) is 8.34. The Morgan fingerprint density at radius 1 is 1.00 bits per heavy atom. The normalized spacial score (nSPS) is 17.9. The number of nitrogens with one attached hydrogen (secondary N) is 2. The summed E-state index contributed by atoms with van der Waals surface area (Å²) in [5, 5.41) is 6.13. The molecule has 2 aromatic rings. The summed E-state index contributed by atoms with van der Waals surface area (Å²) in [6.45, 7) is 0. The number of nitrogens with zero attached hydrogens (tertiary/aromatic N) is 1. The largest absolute Gasteiger partial charge is 0.360 e. The van der Waals surface area contributed by atoms with Crippen molar-refractivity contribution < 1.29 is 4.79 Å². The average Bonchev–Trinajstić information content (AvgIpc) is 2.40. The van der Waals surface area contributed by atoms with E-state index in [1.165, 1.54) is 0 Å². The molecule has 2 N–H and O–H groups in total. The van der Waals surface area contributed by atoms with Crippen LogP contribution >= 0.6 is 0 Å². The van der Waals surface area contributed by atoms with Crippen molar-refractivity contribution in [2.45, 2.75) is 6.17 Å². The summed E-state index contributed by atoms with van der Waals surface area (Å²) in [6, 6.07) is 13.1. The molecule has 4 nitrogen and oxygen atoms in total. The molecule has 0 fully saturated rings. The second-order valence-corrected chi connectivity index (χ2v) is 3.85. The Labute approximate surface area is 98.7 Å². The Kier molecular flexibility index (Phi) is 2.26. The van der Waals surface area contributed by atoms with E-state index in [4.69, 9.17) is 0 Å². The van der Waals surface area contributed by atoms with E-state index in [9.17, 15) is 4.79 Å². The number of aromatic nitrogens is 1.